The summed E-state index contributed by atoms with van der Waals surface area (Å²) < 4.78 is 6.00. The molecule has 5 nitrogen and oxygen atoms in total. The second-order valence-corrected chi connectivity index (χ2v) is 9.57. The first-order valence-corrected chi connectivity index (χ1v) is 11.2. The van der Waals surface area contributed by atoms with Crippen LogP contribution in [-0.4, -0.2) is 25.0 Å². The van der Waals surface area contributed by atoms with Crippen molar-refractivity contribution in [3.05, 3.63) is 40.6 Å². The van der Waals surface area contributed by atoms with Crippen molar-refractivity contribution in [1.82, 2.24) is 0 Å². The quantitative estimate of drug-likeness (QED) is 0.771. The summed E-state index contributed by atoms with van der Waals surface area (Å²) in [7, 11) is 0. The maximum absolute atomic E-state index is 13.3. The zero-order valence-corrected chi connectivity index (χ0v) is 18.1. The monoisotopic (exact) mass is 412 g/mol. The van der Waals surface area contributed by atoms with Crippen LogP contribution >= 0.6 is 11.3 Å². The zero-order valence-electron chi connectivity index (χ0n) is 17.3. The smallest absolute Gasteiger partial charge is 0.236 e. The van der Waals surface area contributed by atoms with Gasteiger partial charge in [0.25, 0.3) is 0 Å². The molecule has 2 aromatic rings. The molecule has 0 unspecified atom stereocenters. The number of fused-ring (bicyclic) bond motifs is 1. The van der Waals surface area contributed by atoms with E-state index in [1.54, 1.807) is 16.2 Å². The van der Waals surface area contributed by atoms with Crippen molar-refractivity contribution in [2.75, 3.05) is 23.4 Å². The molecule has 1 aliphatic carbocycles. The normalized spacial score (nSPS) is 20.0. The van der Waals surface area contributed by atoms with E-state index >= 15 is 0 Å². The number of ether oxygens (including phenoxy) is 1. The molecule has 0 spiro atoms. The van der Waals surface area contributed by atoms with E-state index in [1.807, 2.05) is 50.4 Å². The van der Waals surface area contributed by atoms with E-state index in [0.29, 0.717) is 24.6 Å². The van der Waals surface area contributed by atoms with E-state index in [1.165, 1.54) is 0 Å². The van der Waals surface area contributed by atoms with Gasteiger partial charge in [-0.1, -0.05) is 18.9 Å². The number of benzene rings is 1. The van der Waals surface area contributed by atoms with Gasteiger partial charge in [0.1, 0.15) is 12.4 Å². The van der Waals surface area contributed by atoms with Crippen LogP contribution in [0.3, 0.4) is 0 Å². The molecule has 0 saturated heterocycles. The Bertz CT molecular complexity index is 914. The molecular weight excluding hydrogens is 384 g/mol. The van der Waals surface area contributed by atoms with E-state index < -0.39 is 10.8 Å². The van der Waals surface area contributed by atoms with Crippen molar-refractivity contribution in [3.63, 3.8) is 0 Å². The van der Waals surface area contributed by atoms with E-state index in [0.717, 1.165) is 36.2 Å². The Morgan fingerprint density at radius 2 is 2.00 bits per heavy atom. The summed E-state index contributed by atoms with van der Waals surface area (Å²) in [5.41, 5.74) is 0.440. The van der Waals surface area contributed by atoms with Gasteiger partial charge >= 0.3 is 0 Å². The maximum Gasteiger partial charge on any atom is 0.236 e. The predicted octanol–water partition coefficient (Wildman–Crippen LogP) is 4.97. The van der Waals surface area contributed by atoms with Gasteiger partial charge in [0.2, 0.25) is 11.8 Å². The number of carbonyl (C=O) groups is 2. The van der Waals surface area contributed by atoms with E-state index in [2.05, 4.69) is 11.4 Å². The van der Waals surface area contributed by atoms with Crippen LogP contribution in [0.5, 0.6) is 5.75 Å². The van der Waals surface area contributed by atoms with Crippen molar-refractivity contribution in [2.45, 2.75) is 51.9 Å². The second kappa shape index (κ2) is 7.48. The minimum Gasteiger partial charge on any atom is -0.490 e. The summed E-state index contributed by atoms with van der Waals surface area (Å²) in [5.74, 6) is 0.744. The highest BCUT2D eigenvalue weighted by atomic mass is 32.1. The van der Waals surface area contributed by atoms with Gasteiger partial charge in [-0.15, -0.1) is 11.3 Å². The third-order valence-corrected chi connectivity index (χ3v) is 7.20. The minimum absolute atomic E-state index is 0.0507. The lowest BCUT2D eigenvalue weighted by molar-refractivity contribution is -0.127. The lowest BCUT2D eigenvalue weighted by Crippen LogP contribution is -2.42. The molecule has 1 fully saturated rings. The molecule has 2 amide bonds. The van der Waals surface area contributed by atoms with Gasteiger partial charge in [0, 0.05) is 23.2 Å². The average molecular weight is 413 g/mol. The highest BCUT2D eigenvalue weighted by Gasteiger charge is 2.43. The van der Waals surface area contributed by atoms with Gasteiger partial charge in [-0.25, -0.2) is 0 Å². The molecule has 0 bridgehead atoms. The standard InChI is InChI=1S/C23H28N2O3S/c1-4-25-17-10-9-16(14-18(17)28-15-22(2,3)21(25)27)24-20(26)23(11-5-6-12-23)19-8-7-13-29-19/h7-10,13-14H,4-6,11-12,15H2,1-3H3,(H,24,26). The summed E-state index contributed by atoms with van der Waals surface area (Å²) in [4.78, 5) is 29.1. The Hall–Kier alpha value is -2.34. The number of hydrogen-bond donors (Lipinski definition) is 1. The summed E-state index contributed by atoms with van der Waals surface area (Å²) >= 11 is 1.66. The van der Waals surface area contributed by atoms with E-state index in [9.17, 15) is 9.59 Å². The third kappa shape index (κ3) is 3.44. The SMILES string of the molecule is CCN1C(=O)C(C)(C)COc2cc(NC(=O)C3(c4cccs4)CCCC3)ccc21. The van der Waals surface area contributed by atoms with Crippen molar-refractivity contribution in [2.24, 2.45) is 5.41 Å². The first-order chi connectivity index (χ1) is 13.9. The van der Waals surface area contributed by atoms with Crippen LogP contribution in [0.4, 0.5) is 11.4 Å². The topological polar surface area (TPSA) is 58.6 Å². The summed E-state index contributed by atoms with van der Waals surface area (Å²) in [5, 5.41) is 5.17. The average Bonchev–Trinajstić information content (AvgIpc) is 3.39. The summed E-state index contributed by atoms with van der Waals surface area (Å²) in [6.07, 6.45) is 3.91. The minimum atomic E-state index is -0.592. The molecule has 29 heavy (non-hydrogen) atoms. The molecule has 0 atom stereocenters. The number of thiophene rings is 1. The molecule has 1 aliphatic heterocycles. The second-order valence-electron chi connectivity index (χ2n) is 8.63. The van der Waals surface area contributed by atoms with Gasteiger partial charge in [-0.2, -0.15) is 0 Å². The lowest BCUT2D eigenvalue weighted by atomic mass is 9.83. The third-order valence-electron chi connectivity index (χ3n) is 6.12. The van der Waals surface area contributed by atoms with E-state index in [4.69, 9.17) is 4.74 Å². The largest absolute Gasteiger partial charge is 0.490 e. The Labute approximate surface area is 176 Å². The van der Waals surface area contributed by atoms with Crippen LogP contribution in [0.15, 0.2) is 35.7 Å². The zero-order chi connectivity index (χ0) is 20.6. The fourth-order valence-corrected chi connectivity index (χ4v) is 5.39. The van der Waals surface area contributed by atoms with Crippen LogP contribution in [0.1, 0.15) is 51.3 Å². The van der Waals surface area contributed by atoms with Crippen molar-refractivity contribution in [1.29, 1.82) is 0 Å². The first-order valence-electron chi connectivity index (χ1n) is 10.3. The fourth-order valence-electron chi connectivity index (χ4n) is 4.40. The molecule has 1 saturated carbocycles. The van der Waals surface area contributed by atoms with Crippen LogP contribution < -0.4 is 15.0 Å². The number of amides is 2. The Morgan fingerprint density at radius 1 is 1.24 bits per heavy atom. The highest BCUT2D eigenvalue weighted by Crippen LogP contribution is 2.44. The highest BCUT2D eigenvalue weighted by molar-refractivity contribution is 7.10. The van der Waals surface area contributed by atoms with Gasteiger partial charge in [-0.3, -0.25) is 9.59 Å². The number of anilines is 2. The molecule has 2 heterocycles. The Kier molecular flexibility index (Phi) is 5.15. The number of hydrogen-bond acceptors (Lipinski definition) is 4. The van der Waals surface area contributed by atoms with Crippen molar-refractivity contribution in [3.8, 4) is 5.75 Å². The van der Waals surface area contributed by atoms with Crippen molar-refractivity contribution < 1.29 is 14.3 Å². The molecule has 1 aromatic carbocycles. The molecular formula is C23H28N2O3S. The summed E-state index contributed by atoms with van der Waals surface area (Å²) in [6.45, 7) is 6.65. The molecule has 1 N–H and O–H groups in total. The van der Waals surface area contributed by atoms with Crippen LogP contribution in [0, 0.1) is 5.41 Å². The summed E-state index contributed by atoms with van der Waals surface area (Å²) in [6, 6.07) is 9.68. The number of carbonyl (C=O) groups excluding carboxylic acids is 2. The first kappa shape index (κ1) is 20.0. The van der Waals surface area contributed by atoms with Gasteiger partial charge in [-0.05, 0) is 57.2 Å². The maximum atomic E-state index is 13.3. The van der Waals surface area contributed by atoms with Crippen molar-refractivity contribution >= 4 is 34.5 Å². The lowest BCUT2D eigenvalue weighted by Gasteiger charge is -2.27. The molecule has 6 heteroatoms. The molecule has 154 valence electrons. The van der Waals surface area contributed by atoms with Gasteiger partial charge in [0.15, 0.2) is 0 Å². The fraction of sp³-hybridized carbons (Fsp3) is 0.478. The predicted molar refractivity (Wildman–Crippen MR) is 117 cm³/mol. The van der Waals surface area contributed by atoms with E-state index in [-0.39, 0.29) is 11.8 Å². The van der Waals surface area contributed by atoms with Gasteiger partial charge in [0.05, 0.1) is 16.5 Å². The molecule has 1 aromatic heterocycles. The Morgan fingerprint density at radius 3 is 2.66 bits per heavy atom. The molecule has 2 aliphatic rings. The number of rotatable bonds is 4. The molecule has 4 rings (SSSR count). The van der Waals surface area contributed by atoms with Crippen LogP contribution in [0.2, 0.25) is 0 Å². The number of nitrogens with zero attached hydrogens (tertiary/aromatic N) is 1. The number of nitrogens with one attached hydrogen (secondary N) is 1. The van der Waals surface area contributed by atoms with Crippen LogP contribution in [-0.2, 0) is 15.0 Å². The molecule has 0 radical (unpaired) electrons. The van der Waals surface area contributed by atoms with Gasteiger partial charge < -0.3 is 15.0 Å². The Balaban J connectivity index is 1.62. The van der Waals surface area contributed by atoms with Crippen LogP contribution in [0.25, 0.3) is 0 Å².